The molecular weight excluding hydrogens is 268 g/mol. The highest BCUT2D eigenvalue weighted by Crippen LogP contribution is 2.14. The summed E-state index contributed by atoms with van der Waals surface area (Å²) in [4.78, 5) is 23.2. The van der Waals surface area contributed by atoms with Gasteiger partial charge in [0.1, 0.15) is 17.4 Å². The van der Waals surface area contributed by atoms with Crippen molar-refractivity contribution >= 4 is 23.6 Å². The van der Waals surface area contributed by atoms with Crippen molar-refractivity contribution in [2.45, 2.75) is 32.7 Å². The summed E-state index contributed by atoms with van der Waals surface area (Å²) in [5.74, 6) is -0.400. The number of carboxylic acid groups (broad SMARTS) is 1. The molecule has 1 rings (SSSR count). The Morgan fingerprint density at radius 1 is 1.53 bits per heavy atom. The molecule has 0 radical (unpaired) electrons. The van der Waals surface area contributed by atoms with Crippen molar-refractivity contribution in [3.63, 3.8) is 0 Å². The number of carbonyl (C=O) groups is 2. The Morgan fingerprint density at radius 3 is 2.74 bits per heavy atom. The molecule has 1 aromatic heterocycles. The van der Waals surface area contributed by atoms with E-state index >= 15 is 0 Å². The Kier molecular flexibility index (Phi) is 5.88. The highest BCUT2D eigenvalue weighted by atomic mass is 32.2. The standard InChI is InChI=1S/C12H18N2O4S/c1-4-8-10(7(2)18-14-8)11(15)13-9(12(16)17)5-6-19-3/h9H,4-6H2,1-3H3,(H,13,15)(H,16,17)/t9-/m1/s1. The van der Waals surface area contributed by atoms with E-state index in [1.54, 1.807) is 6.92 Å². The number of hydrogen-bond acceptors (Lipinski definition) is 5. The van der Waals surface area contributed by atoms with E-state index in [2.05, 4.69) is 10.5 Å². The van der Waals surface area contributed by atoms with Crippen LogP contribution in [0.4, 0.5) is 0 Å². The van der Waals surface area contributed by atoms with Gasteiger partial charge in [-0.1, -0.05) is 12.1 Å². The van der Waals surface area contributed by atoms with Crippen molar-refractivity contribution in [2.75, 3.05) is 12.0 Å². The van der Waals surface area contributed by atoms with E-state index in [1.807, 2.05) is 13.2 Å². The molecule has 0 aliphatic heterocycles. The summed E-state index contributed by atoms with van der Waals surface area (Å²) in [5, 5.41) is 15.4. The zero-order chi connectivity index (χ0) is 14.4. The average Bonchev–Trinajstić information content (AvgIpc) is 2.75. The fraction of sp³-hybridized carbons (Fsp3) is 0.583. The first kappa shape index (κ1) is 15.6. The molecule has 0 aromatic carbocycles. The number of rotatable bonds is 7. The molecule has 2 N–H and O–H groups in total. The number of amides is 1. The van der Waals surface area contributed by atoms with Gasteiger partial charge in [0.05, 0.1) is 5.69 Å². The molecule has 7 heteroatoms. The maximum atomic E-state index is 12.1. The second kappa shape index (κ2) is 7.18. The molecule has 0 bridgehead atoms. The lowest BCUT2D eigenvalue weighted by atomic mass is 10.1. The minimum Gasteiger partial charge on any atom is -0.480 e. The third kappa shape index (κ3) is 3.99. The van der Waals surface area contributed by atoms with Crippen LogP contribution in [0.1, 0.15) is 35.2 Å². The summed E-state index contributed by atoms with van der Waals surface area (Å²) < 4.78 is 4.97. The lowest BCUT2D eigenvalue weighted by Gasteiger charge is -2.13. The van der Waals surface area contributed by atoms with Gasteiger partial charge in [-0.05, 0) is 31.8 Å². The van der Waals surface area contributed by atoms with E-state index in [0.717, 1.165) is 0 Å². The summed E-state index contributed by atoms with van der Waals surface area (Å²) in [5.41, 5.74) is 0.891. The molecule has 1 heterocycles. The Balaban J connectivity index is 2.81. The van der Waals surface area contributed by atoms with Crippen LogP contribution < -0.4 is 5.32 Å². The number of aliphatic carboxylic acids is 1. The van der Waals surface area contributed by atoms with Crippen molar-refractivity contribution in [3.8, 4) is 0 Å². The van der Waals surface area contributed by atoms with Gasteiger partial charge in [0.15, 0.2) is 0 Å². The number of nitrogens with one attached hydrogen (secondary N) is 1. The third-order valence-electron chi connectivity index (χ3n) is 2.71. The molecule has 1 aromatic rings. The van der Waals surface area contributed by atoms with Crippen molar-refractivity contribution in [2.24, 2.45) is 0 Å². The molecule has 19 heavy (non-hydrogen) atoms. The number of hydrogen-bond donors (Lipinski definition) is 2. The zero-order valence-electron chi connectivity index (χ0n) is 11.2. The summed E-state index contributed by atoms with van der Waals surface area (Å²) in [7, 11) is 0. The molecule has 0 saturated heterocycles. The van der Waals surface area contributed by atoms with Crippen LogP contribution in [0.5, 0.6) is 0 Å². The average molecular weight is 286 g/mol. The van der Waals surface area contributed by atoms with Crippen LogP contribution in [-0.2, 0) is 11.2 Å². The van der Waals surface area contributed by atoms with Gasteiger partial charge in [0, 0.05) is 0 Å². The molecular formula is C12H18N2O4S. The first-order valence-electron chi connectivity index (χ1n) is 5.99. The minimum atomic E-state index is -1.03. The Bertz CT molecular complexity index is 459. The number of nitrogens with zero attached hydrogens (tertiary/aromatic N) is 1. The highest BCUT2D eigenvalue weighted by molar-refractivity contribution is 7.98. The summed E-state index contributed by atoms with van der Waals surface area (Å²) in [6, 6.07) is -0.890. The molecule has 0 aliphatic carbocycles. The first-order chi connectivity index (χ1) is 9.01. The second-order valence-corrected chi connectivity index (χ2v) is 5.05. The largest absolute Gasteiger partial charge is 0.480 e. The van der Waals surface area contributed by atoms with Gasteiger partial charge in [-0.15, -0.1) is 0 Å². The van der Waals surface area contributed by atoms with Gasteiger partial charge in [-0.2, -0.15) is 11.8 Å². The number of carboxylic acids is 1. The molecule has 0 unspecified atom stereocenters. The molecule has 1 amide bonds. The highest BCUT2D eigenvalue weighted by Gasteiger charge is 2.24. The summed E-state index contributed by atoms with van der Waals surface area (Å²) >= 11 is 1.54. The second-order valence-electron chi connectivity index (χ2n) is 4.06. The van der Waals surface area contributed by atoms with Gasteiger partial charge >= 0.3 is 5.97 Å². The maximum absolute atomic E-state index is 12.1. The van der Waals surface area contributed by atoms with Gasteiger partial charge in [-0.3, -0.25) is 4.79 Å². The lowest BCUT2D eigenvalue weighted by molar-refractivity contribution is -0.139. The molecule has 0 saturated carbocycles. The number of thioether (sulfide) groups is 1. The topological polar surface area (TPSA) is 92.4 Å². The van der Waals surface area contributed by atoms with Crippen LogP contribution in [0.25, 0.3) is 0 Å². The molecule has 0 aliphatic rings. The summed E-state index contributed by atoms with van der Waals surface area (Å²) in [6.45, 7) is 3.50. The van der Waals surface area contributed by atoms with Crippen LogP contribution in [-0.4, -0.2) is 40.2 Å². The number of aromatic nitrogens is 1. The van der Waals surface area contributed by atoms with E-state index in [1.165, 1.54) is 11.8 Å². The van der Waals surface area contributed by atoms with E-state index in [-0.39, 0.29) is 0 Å². The van der Waals surface area contributed by atoms with Crippen LogP contribution in [0.2, 0.25) is 0 Å². The van der Waals surface area contributed by atoms with Gasteiger partial charge in [0.25, 0.3) is 5.91 Å². The Hall–Kier alpha value is -1.50. The van der Waals surface area contributed by atoms with Crippen molar-refractivity contribution in [1.29, 1.82) is 0 Å². The smallest absolute Gasteiger partial charge is 0.326 e. The lowest BCUT2D eigenvalue weighted by Crippen LogP contribution is -2.41. The molecule has 0 spiro atoms. The third-order valence-corrected chi connectivity index (χ3v) is 3.35. The first-order valence-corrected chi connectivity index (χ1v) is 7.38. The molecule has 6 nitrogen and oxygen atoms in total. The normalized spacial score (nSPS) is 12.2. The predicted octanol–water partition coefficient (Wildman–Crippen LogP) is 1.48. The monoisotopic (exact) mass is 286 g/mol. The molecule has 0 fully saturated rings. The molecule has 1 atom stereocenters. The minimum absolute atomic E-state index is 0.345. The fourth-order valence-electron chi connectivity index (χ4n) is 1.67. The Labute approximate surface area is 115 Å². The van der Waals surface area contributed by atoms with E-state index in [9.17, 15) is 9.59 Å². The van der Waals surface area contributed by atoms with Crippen LogP contribution >= 0.6 is 11.8 Å². The van der Waals surface area contributed by atoms with Crippen LogP contribution in [0.3, 0.4) is 0 Å². The summed E-state index contributed by atoms with van der Waals surface area (Å²) in [6.07, 6.45) is 2.83. The quantitative estimate of drug-likeness (QED) is 0.788. The Morgan fingerprint density at radius 2 is 2.21 bits per heavy atom. The van der Waals surface area contributed by atoms with Gasteiger partial charge in [-0.25, -0.2) is 4.79 Å². The van der Waals surface area contributed by atoms with Gasteiger partial charge < -0.3 is 14.9 Å². The number of carbonyl (C=O) groups excluding carboxylic acids is 1. The fourth-order valence-corrected chi connectivity index (χ4v) is 2.15. The predicted molar refractivity (Wildman–Crippen MR) is 72.5 cm³/mol. The van der Waals surface area contributed by atoms with Gasteiger partial charge in [0.2, 0.25) is 0 Å². The van der Waals surface area contributed by atoms with E-state index in [0.29, 0.717) is 35.6 Å². The SMILES string of the molecule is CCc1noc(C)c1C(=O)N[C@H](CCSC)C(=O)O. The van der Waals surface area contributed by atoms with E-state index < -0.39 is 17.9 Å². The van der Waals surface area contributed by atoms with Crippen LogP contribution in [0, 0.1) is 6.92 Å². The van der Waals surface area contributed by atoms with Crippen molar-refractivity contribution in [3.05, 3.63) is 17.0 Å². The zero-order valence-corrected chi connectivity index (χ0v) is 12.0. The van der Waals surface area contributed by atoms with Crippen molar-refractivity contribution < 1.29 is 19.2 Å². The van der Waals surface area contributed by atoms with Crippen LogP contribution in [0.15, 0.2) is 4.52 Å². The maximum Gasteiger partial charge on any atom is 0.326 e. The number of aryl methyl sites for hydroxylation is 2. The van der Waals surface area contributed by atoms with E-state index in [4.69, 9.17) is 9.63 Å². The molecule has 106 valence electrons. The van der Waals surface area contributed by atoms with Crippen molar-refractivity contribution in [1.82, 2.24) is 10.5 Å².